The molecule has 0 bridgehead atoms. The van der Waals surface area contributed by atoms with Crippen LogP contribution in [0.15, 0.2) is 52.1 Å². The molecule has 0 saturated carbocycles. The fourth-order valence-corrected chi connectivity index (χ4v) is 2.87. The summed E-state index contributed by atoms with van der Waals surface area (Å²) in [5.41, 5.74) is 1.12. The van der Waals surface area contributed by atoms with E-state index in [1.54, 1.807) is 13.1 Å². The molecule has 22 heavy (non-hydrogen) atoms. The number of thioether (sulfide) groups is 1. The van der Waals surface area contributed by atoms with Crippen molar-refractivity contribution >= 4 is 33.6 Å². The van der Waals surface area contributed by atoms with Crippen molar-refractivity contribution in [2.24, 2.45) is 0 Å². The predicted molar refractivity (Wildman–Crippen MR) is 86.0 cm³/mol. The Morgan fingerprint density at radius 3 is 2.73 bits per heavy atom. The summed E-state index contributed by atoms with van der Waals surface area (Å²) in [6.45, 7) is 0.369. The van der Waals surface area contributed by atoms with E-state index in [-0.39, 0.29) is 28.3 Å². The molecule has 0 fully saturated rings. The van der Waals surface area contributed by atoms with E-state index in [0.717, 1.165) is 10.0 Å². The van der Waals surface area contributed by atoms with Gasteiger partial charge in [-0.25, -0.2) is 4.98 Å². The Morgan fingerprint density at radius 2 is 2.05 bits per heavy atom. The van der Waals surface area contributed by atoms with E-state index in [1.165, 1.54) is 17.2 Å². The normalized spacial score (nSPS) is 10.8. The molecule has 1 aromatic heterocycles. The Hall–Kier alpha value is -1.47. The van der Waals surface area contributed by atoms with Gasteiger partial charge in [-0.2, -0.15) is 8.78 Å². The van der Waals surface area contributed by atoms with Gasteiger partial charge in [-0.3, -0.25) is 4.79 Å². The third-order valence-electron chi connectivity index (χ3n) is 2.91. The fourth-order valence-electron chi connectivity index (χ4n) is 1.89. The molecule has 0 saturated heterocycles. The fraction of sp³-hybridized carbons (Fsp3) is 0.200. The minimum atomic E-state index is -2.62. The maximum Gasteiger partial charge on any atom is 0.290 e. The van der Waals surface area contributed by atoms with Crippen LogP contribution in [0.3, 0.4) is 0 Å². The summed E-state index contributed by atoms with van der Waals surface area (Å²) in [7, 11) is 1.63. The molecular formula is C15H13BrF2N2OS. The van der Waals surface area contributed by atoms with E-state index in [2.05, 4.69) is 20.9 Å². The topological polar surface area (TPSA) is 33.2 Å². The lowest BCUT2D eigenvalue weighted by Gasteiger charge is -2.19. The molecule has 0 aliphatic carbocycles. The number of alkyl halides is 2. The van der Waals surface area contributed by atoms with Crippen LogP contribution in [-0.2, 0) is 6.54 Å². The van der Waals surface area contributed by atoms with Gasteiger partial charge in [-0.05, 0) is 35.5 Å². The zero-order valence-electron chi connectivity index (χ0n) is 11.7. The monoisotopic (exact) mass is 386 g/mol. The molecule has 0 radical (unpaired) electrons. The van der Waals surface area contributed by atoms with Crippen LogP contribution in [0.5, 0.6) is 0 Å². The summed E-state index contributed by atoms with van der Waals surface area (Å²) < 4.78 is 26.0. The molecule has 1 amide bonds. The highest BCUT2D eigenvalue weighted by Gasteiger charge is 2.20. The lowest BCUT2D eigenvalue weighted by atomic mass is 10.2. The van der Waals surface area contributed by atoms with E-state index in [0.29, 0.717) is 6.54 Å². The van der Waals surface area contributed by atoms with E-state index >= 15 is 0 Å². The van der Waals surface area contributed by atoms with Crippen molar-refractivity contribution in [2.45, 2.75) is 17.3 Å². The summed E-state index contributed by atoms with van der Waals surface area (Å²) >= 11 is 3.70. The number of nitrogens with zero attached hydrogens (tertiary/aromatic N) is 2. The minimum Gasteiger partial charge on any atom is -0.337 e. The molecule has 0 N–H and O–H groups in total. The van der Waals surface area contributed by atoms with Gasteiger partial charge in [0.1, 0.15) is 5.03 Å². The van der Waals surface area contributed by atoms with Crippen LogP contribution in [0.4, 0.5) is 8.78 Å². The first-order valence-electron chi connectivity index (χ1n) is 6.37. The van der Waals surface area contributed by atoms with Crippen molar-refractivity contribution < 1.29 is 13.6 Å². The zero-order chi connectivity index (χ0) is 16.1. The predicted octanol–water partition coefficient (Wildman–Crippen LogP) is 4.43. The molecule has 0 aliphatic rings. The maximum absolute atomic E-state index is 12.6. The lowest BCUT2D eigenvalue weighted by molar-refractivity contribution is 0.0780. The van der Waals surface area contributed by atoms with Crippen molar-refractivity contribution in [1.82, 2.24) is 9.88 Å². The van der Waals surface area contributed by atoms with Crippen LogP contribution in [0.1, 0.15) is 15.9 Å². The van der Waals surface area contributed by atoms with Crippen LogP contribution in [0, 0.1) is 0 Å². The van der Waals surface area contributed by atoms with Crippen molar-refractivity contribution in [3.8, 4) is 0 Å². The summed E-state index contributed by atoms with van der Waals surface area (Å²) in [6, 6.07) is 10.6. The molecule has 0 aliphatic heterocycles. The SMILES string of the molecule is CN(Cc1ccccc1Br)C(=O)c1cccnc1SC(F)F. The molecule has 0 atom stereocenters. The Bertz CT molecular complexity index is 669. The molecule has 0 spiro atoms. The van der Waals surface area contributed by atoms with Gasteiger partial charge in [0, 0.05) is 24.3 Å². The van der Waals surface area contributed by atoms with Crippen LogP contribution in [0.25, 0.3) is 0 Å². The van der Waals surface area contributed by atoms with Gasteiger partial charge in [0.2, 0.25) is 0 Å². The summed E-state index contributed by atoms with van der Waals surface area (Å²) in [5, 5.41) is 0.0430. The van der Waals surface area contributed by atoms with Crippen LogP contribution < -0.4 is 0 Å². The number of pyridine rings is 1. The Labute approximate surface area is 139 Å². The highest BCUT2D eigenvalue weighted by molar-refractivity contribution is 9.10. The maximum atomic E-state index is 12.6. The molecule has 1 heterocycles. The molecule has 2 aromatic rings. The quantitative estimate of drug-likeness (QED) is 0.712. The van der Waals surface area contributed by atoms with Crippen molar-refractivity contribution in [3.05, 3.63) is 58.2 Å². The standard InChI is InChI=1S/C15H13BrF2N2OS/c1-20(9-10-5-2-3-7-12(10)16)14(21)11-6-4-8-19-13(11)22-15(17)18/h2-8,15H,9H2,1H3. The van der Waals surface area contributed by atoms with E-state index in [1.807, 2.05) is 24.3 Å². The Balaban J connectivity index is 2.19. The summed E-state index contributed by atoms with van der Waals surface area (Å²) in [4.78, 5) is 17.8. The van der Waals surface area contributed by atoms with Crippen molar-refractivity contribution in [2.75, 3.05) is 7.05 Å². The first-order valence-corrected chi connectivity index (χ1v) is 8.05. The number of carbonyl (C=O) groups is 1. The number of carbonyl (C=O) groups excluding carboxylic acids is 1. The van der Waals surface area contributed by atoms with Gasteiger partial charge >= 0.3 is 0 Å². The van der Waals surface area contributed by atoms with Gasteiger partial charge in [0.05, 0.1) is 5.56 Å². The molecule has 3 nitrogen and oxygen atoms in total. The number of rotatable bonds is 5. The van der Waals surface area contributed by atoms with Gasteiger partial charge in [0.15, 0.2) is 0 Å². The van der Waals surface area contributed by atoms with Crippen molar-refractivity contribution in [3.63, 3.8) is 0 Å². The number of hydrogen-bond donors (Lipinski definition) is 0. The summed E-state index contributed by atoms with van der Waals surface area (Å²) in [5.74, 6) is -2.96. The number of benzene rings is 1. The van der Waals surface area contributed by atoms with Crippen LogP contribution in [0.2, 0.25) is 0 Å². The van der Waals surface area contributed by atoms with Crippen molar-refractivity contribution in [1.29, 1.82) is 0 Å². The smallest absolute Gasteiger partial charge is 0.290 e. The first-order chi connectivity index (χ1) is 10.5. The average molecular weight is 387 g/mol. The molecule has 1 aromatic carbocycles. The number of amides is 1. The number of halogens is 3. The van der Waals surface area contributed by atoms with Crippen LogP contribution in [-0.4, -0.2) is 28.6 Å². The molecule has 0 unspecified atom stereocenters. The van der Waals surface area contributed by atoms with Gasteiger partial charge in [-0.1, -0.05) is 34.1 Å². The van der Waals surface area contributed by atoms with Gasteiger partial charge < -0.3 is 4.90 Å². The second kappa shape index (κ2) is 7.69. The lowest BCUT2D eigenvalue weighted by Crippen LogP contribution is -2.27. The van der Waals surface area contributed by atoms with E-state index in [4.69, 9.17) is 0 Å². The second-order valence-corrected chi connectivity index (χ2v) is 6.32. The minimum absolute atomic E-state index is 0.0430. The van der Waals surface area contributed by atoms with Gasteiger partial charge in [0.25, 0.3) is 11.7 Å². The molecular weight excluding hydrogens is 374 g/mol. The largest absolute Gasteiger partial charge is 0.337 e. The summed E-state index contributed by atoms with van der Waals surface area (Å²) in [6.07, 6.45) is 1.40. The number of hydrogen-bond acceptors (Lipinski definition) is 3. The van der Waals surface area contributed by atoms with E-state index in [9.17, 15) is 13.6 Å². The molecule has 116 valence electrons. The second-order valence-electron chi connectivity index (χ2n) is 4.49. The Morgan fingerprint density at radius 1 is 1.32 bits per heavy atom. The Kier molecular flexibility index (Phi) is 5.90. The highest BCUT2D eigenvalue weighted by atomic mass is 79.9. The zero-order valence-corrected chi connectivity index (χ0v) is 14.1. The first kappa shape index (κ1) is 16.9. The highest BCUT2D eigenvalue weighted by Crippen LogP contribution is 2.27. The molecule has 7 heteroatoms. The third-order valence-corrected chi connectivity index (χ3v) is 4.41. The average Bonchev–Trinajstić information content (AvgIpc) is 2.49. The number of aromatic nitrogens is 1. The van der Waals surface area contributed by atoms with Crippen LogP contribution >= 0.6 is 27.7 Å². The third kappa shape index (κ3) is 4.27. The molecule has 2 rings (SSSR count). The van der Waals surface area contributed by atoms with Gasteiger partial charge in [-0.15, -0.1) is 0 Å². The van der Waals surface area contributed by atoms with E-state index < -0.39 is 5.76 Å².